The fourth-order valence-corrected chi connectivity index (χ4v) is 1.56. The fraction of sp³-hybridized carbons (Fsp3) is 0.400. The van der Waals surface area contributed by atoms with Gasteiger partial charge in [-0.05, 0) is 36.1 Å². The van der Waals surface area contributed by atoms with E-state index >= 15 is 0 Å². The lowest BCUT2D eigenvalue weighted by Crippen LogP contribution is -2.20. The minimum Gasteiger partial charge on any atom is -0.383 e. The molecule has 0 saturated carbocycles. The summed E-state index contributed by atoms with van der Waals surface area (Å²) in [6, 6.07) is 4.68. The van der Waals surface area contributed by atoms with Crippen LogP contribution in [0.4, 0.5) is 11.4 Å². The summed E-state index contributed by atoms with van der Waals surface area (Å²) in [6.07, 6.45) is 0. The van der Waals surface area contributed by atoms with E-state index in [1.54, 1.807) is 6.07 Å². The van der Waals surface area contributed by atoms with Gasteiger partial charge in [0.15, 0.2) is 0 Å². The second kappa shape index (κ2) is 5.81. The number of nitro groups is 1. The molecule has 1 aromatic rings. The Morgan fingerprint density at radius 2 is 2.19 bits per heavy atom. The molecular weight excluding hydrogens is 274 g/mol. The maximum atomic E-state index is 10.6. The molecule has 6 heteroatoms. The smallest absolute Gasteiger partial charge is 0.271 e. The Bertz CT molecular complexity index is 382. The van der Waals surface area contributed by atoms with Crippen molar-refractivity contribution in [2.45, 2.75) is 0 Å². The molecule has 0 aliphatic rings. The summed E-state index contributed by atoms with van der Waals surface area (Å²) in [5, 5.41) is 13.7. The van der Waals surface area contributed by atoms with Crippen LogP contribution >= 0.6 is 15.9 Å². The molecule has 0 amide bonds. The second-order valence-corrected chi connectivity index (χ2v) is 4.51. The molecule has 0 fully saturated rings. The Morgan fingerprint density at radius 1 is 1.50 bits per heavy atom. The van der Waals surface area contributed by atoms with Crippen molar-refractivity contribution in [1.29, 1.82) is 0 Å². The predicted octanol–water partition coefficient (Wildman–Crippen LogP) is 2.33. The Hall–Kier alpha value is -1.14. The van der Waals surface area contributed by atoms with E-state index in [9.17, 15) is 10.1 Å². The van der Waals surface area contributed by atoms with Gasteiger partial charge in [0.05, 0.1) is 10.6 Å². The third kappa shape index (κ3) is 3.79. The number of likely N-dealkylation sites (N-methyl/N-ethyl adjacent to an activating group) is 1. The molecule has 0 spiro atoms. The largest absolute Gasteiger partial charge is 0.383 e. The van der Waals surface area contributed by atoms with E-state index in [1.165, 1.54) is 12.1 Å². The van der Waals surface area contributed by atoms with E-state index in [0.29, 0.717) is 0 Å². The average Bonchev–Trinajstić information content (AvgIpc) is 2.20. The summed E-state index contributed by atoms with van der Waals surface area (Å²) in [7, 11) is 3.95. The summed E-state index contributed by atoms with van der Waals surface area (Å²) in [5.74, 6) is 0. The molecule has 1 aromatic carbocycles. The van der Waals surface area contributed by atoms with Crippen LogP contribution in [0, 0.1) is 10.1 Å². The van der Waals surface area contributed by atoms with Crippen molar-refractivity contribution < 1.29 is 4.92 Å². The van der Waals surface area contributed by atoms with Gasteiger partial charge >= 0.3 is 0 Å². The number of anilines is 1. The van der Waals surface area contributed by atoms with Crippen molar-refractivity contribution in [3.8, 4) is 0 Å². The lowest BCUT2D eigenvalue weighted by atomic mass is 10.3. The standard InChI is InChI=1S/C10H14BrN3O2/c1-13(2)6-5-12-10-7-8(14(15)16)3-4-9(10)11/h3-4,7,12H,5-6H2,1-2H3. The van der Waals surface area contributed by atoms with E-state index in [2.05, 4.69) is 21.2 Å². The number of benzene rings is 1. The van der Waals surface area contributed by atoms with Crippen LogP contribution in [0.3, 0.4) is 0 Å². The first-order valence-electron chi connectivity index (χ1n) is 4.83. The Kier molecular flexibility index (Phi) is 4.70. The first-order valence-corrected chi connectivity index (χ1v) is 5.62. The number of nitrogens with one attached hydrogen (secondary N) is 1. The zero-order chi connectivity index (χ0) is 12.1. The van der Waals surface area contributed by atoms with Crippen LogP contribution in [0.2, 0.25) is 0 Å². The summed E-state index contributed by atoms with van der Waals surface area (Å²) >= 11 is 3.35. The maximum Gasteiger partial charge on any atom is 0.271 e. The topological polar surface area (TPSA) is 58.4 Å². The summed E-state index contributed by atoms with van der Waals surface area (Å²) in [4.78, 5) is 12.2. The lowest BCUT2D eigenvalue weighted by Gasteiger charge is -2.12. The second-order valence-electron chi connectivity index (χ2n) is 3.65. The highest BCUT2D eigenvalue weighted by atomic mass is 79.9. The molecule has 0 unspecified atom stereocenters. The predicted molar refractivity (Wildman–Crippen MR) is 67.8 cm³/mol. The van der Waals surface area contributed by atoms with Crippen LogP contribution < -0.4 is 5.32 Å². The van der Waals surface area contributed by atoms with Crippen LogP contribution in [0.5, 0.6) is 0 Å². The molecule has 0 aromatic heterocycles. The number of nitrogens with zero attached hydrogens (tertiary/aromatic N) is 2. The third-order valence-corrected chi connectivity index (χ3v) is 2.73. The molecule has 88 valence electrons. The SMILES string of the molecule is CN(C)CCNc1cc([N+](=O)[O-])ccc1Br. The number of nitro benzene ring substituents is 1. The molecule has 5 nitrogen and oxygen atoms in total. The number of non-ortho nitro benzene ring substituents is 1. The van der Waals surface area contributed by atoms with Crippen LogP contribution in [-0.4, -0.2) is 37.0 Å². The van der Waals surface area contributed by atoms with Crippen LogP contribution in [-0.2, 0) is 0 Å². The molecule has 0 atom stereocenters. The van der Waals surface area contributed by atoms with Crippen molar-refractivity contribution in [3.05, 3.63) is 32.8 Å². The highest BCUT2D eigenvalue weighted by Gasteiger charge is 2.08. The molecule has 0 radical (unpaired) electrons. The quantitative estimate of drug-likeness (QED) is 0.667. The number of hydrogen-bond donors (Lipinski definition) is 1. The molecule has 0 heterocycles. The first kappa shape index (κ1) is 12.9. The van der Waals surface area contributed by atoms with Crippen LogP contribution in [0.1, 0.15) is 0 Å². The van der Waals surface area contributed by atoms with Gasteiger partial charge in [-0.1, -0.05) is 0 Å². The van der Waals surface area contributed by atoms with Gasteiger partial charge in [-0.25, -0.2) is 0 Å². The minimum absolute atomic E-state index is 0.0931. The summed E-state index contributed by atoms with van der Waals surface area (Å²) < 4.78 is 0.830. The van der Waals surface area contributed by atoms with E-state index in [1.807, 2.05) is 19.0 Å². The van der Waals surface area contributed by atoms with E-state index in [4.69, 9.17) is 0 Å². The first-order chi connectivity index (χ1) is 7.50. The van der Waals surface area contributed by atoms with Gasteiger partial charge in [0.1, 0.15) is 0 Å². The van der Waals surface area contributed by atoms with Gasteiger partial charge in [0.25, 0.3) is 5.69 Å². The van der Waals surface area contributed by atoms with E-state index in [0.717, 1.165) is 23.2 Å². The van der Waals surface area contributed by atoms with Crippen molar-refractivity contribution in [2.75, 3.05) is 32.5 Å². The summed E-state index contributed by atoms with van der Waals surface area (Å²) in [6.45, 7) is 1.61. The van der Waals surface area contributed by atoms with Crippen molar-refractivity contribution >= 4 is 27.3 Å². The van der Waals surface area contributed by atoms with Crippen molar-refractivity contribution in [3.63, 3.8) is 0 Å². The van der Waals surface area contributed by atoms with Gasteiger partial charge in [0, 0.05) is 29.7 Å². The molecule has 0 aliphatic carbocycles. The van der Waals surface area contributed by atoms with Gasteiger partial charge in [-0.3, -0.25) is 10.1 Å². The molecule has 16 heavy (non-hydrogen) atoms. The number of halogens is 1. The molecule has 1 rings (SSSR count). The van der Waals surface area contributed by atoms with Crippen LogP contribution in [0.25, 0.3) is 0 Å². The maximum absolute atomic E-state index is 10.6. The van der Waals surface area contributed by atoms with Crippen LogP contribution in [0.15, 0.2) is 22.7 Å². The zero-order valence-corrected chi connectivity index (χ0v) is 10.8. The molecule has 0 saturated heterocycles. The fourth-order valence-electron chi connectivity index (χ4n) is 1.18. The van der Waals surface area contributed by atoms with E-state index < -0.39 is 4.92 Å². The highest BCUT2D eigenvalue weighted by molar-refractivity contribution is 9.10. The van der Waals surface area contributed by atoms with Gasteiger partial charge in [-0.15, -0.1) is 0 Å². The number of rotatable bonds is 5. The molecule has 0 aliphatic heterocycles. The van der Waals surface area contributed by atoms with Crippen molar-refractivity contribution in [2.24, 2.45) is 0 Å². The Labute approximate surface area is 103 Å². The highest BCUT2D eigenvalue weighted by Crippen LogP contribution is 2.26. The monoisotopic (exact) mass is 287 g/mol. The van der Waals surface area contributed by atoms with Crippen molar-refractivity contribution in [1.82, 2.24) is 4.90 Å². The molecule has 0 bridgehead atoms. The average molecular weight is 288 g/mol. The lowest BCUT2D eigenvalue weighted by molar-refractivity contribution is -0.384. The van der Waals surface area contributed by atoms with Gasteiger partial charge < -0.3 is 10.2 Å². The zero-order valence-electron chi connectivity index (χ0n) is 9.24. The van der Waals surface area contributed by atoms with Gasteiger partial charge in [-0.2, -0.15) is 0 Å². The minimum atomic E-state index is -0.399. The Morgan fingerprint density at radius 3 is 2.75 bits per heavy atom. The normalized spacial score (nSPS) is 10.5. The molecular formula is C10H14BrN3O2. The van der Waals surface area contributed by atoms with Gasteiger partial charge in [0.2, 0.25) is 0 Å². The summed E-state index contributed by atoms with van der Waals surface area (Å²) in [5.41, 5.74) is 0.839. The molecule has 1 N–H and O–H groups in total. The Balaban J connectivity index is 2.70. The van der Waals surface area contributed by atoms with E-state index in [-0.39, 0.29) is 5.69 Å². The number of hydrogen-bond acceptors (Lipinski definition) is 4. The third-order valence-electron chi connectivity index (χ3n) is 2.04.